The maximum absolute atomic E-state index is 13.9. The van der Waals surface area contributed by atoms with Crippen LogP contribution in [0.25, 0.3) is 34.4 Å². The van der Waals surface area contributed by atoms with Gasteiger partial charge in [0.2, 0.25) is 0 Å². The maximum Gasteiger partial charge on any atom is 0.165 e. The Kier molecular flexibility index (Phi) is 3.72. The highest BCUT2D eigenvalue weighted by molar-refractivity contribution is 5.83. The Labute approximate surface area is 161 Å². The molecule has 28 heavy (non-hydrogen) atoms. The van der Waals surface area contributed by atoms with E-state index in [0.717, 1.165) is 18.1 Å². The fourth-order valence-corrected chi connectivity index (χ4v) is 3.61. The lowest BCUT2D eigenvalue weighted by Crippen LogP contribution is -1.96. The number of aromatic nitrogens is 4. The van der Waals surface area contributed by atoms with Crippen molar-refractivity contribution in [3.63, 3.8) is 0 Å². The highest BCUT2D eigenvalue weighted by Gasteiger charge is 2.19. The zero-order valence-corrected chi connectivity index (χ0v) is 15.5. The molecule has 0 atom stereocenters. The second kappa shape index (κ2) is 6.27. The topological polar surface area (TPSA) is 52.8 Å². The molecular weight excluding hydrogens is 355 g/mol. The lowest BCUT2D eigenvalue weighted by atomic mass is 10.1. The molecule has 0 radical (unpaired) electrons. The van der Waals surface area contributed by atoms with Gasteiger partial charge in [0.1, 0.15) is 5.82 Å². The number of hydrogen-bond donors (Lipinski definition) is 0. The molecule has 0 bridgehead atoms. The molecule has 0 saturated heterocycles. The van der Waals surface area contributed by atoms with E-state index in [0.29, 0.717) is 22.4 Å². The number of methoxy groups -OCH3 is 1. The van der Waals surface area contributed by atoms with Crippen molar-refractivity contribution in [3.8, 4) is 17.1 Å². The zero-order valence-electron chi connectivity index (χ0n) is 15.5. The Balaban J connectivity index is 1.49. The summed E-state index contributed by atoms with van der Waals surface area (Å²) in [6.45, 7) is 2.68. The van der Waals surface area contributed by atoms with Gasteiger partial charge < -0.3 is 9.30 Å². The van der Waals surface area contributed by atoms with Gasteiger partial charge in [-0.3, -0.25) is 0 Å². The van der Waals surface area contributed by atoms with Gasteiger partial charge in [-0.15, -0.1) is 0 Å². The minimum Gasteiger partial charge on any atom is -0.494 e. The molecule has 3 heterocycles. The van der Waals surface area contributed by atoms with E-state index in [-0.39, 0.29) is 5.75 Å². The highest BCUT2D eigenvalue weighted by atomic mass is 19.1. The lowest BCUT2D eigenvalue weighted by molar-refractivity contribution is 0.387. The SMILES string of the molecule is COc1cc2nc(C=Cc3cn4c(n3)-c3ccccc3C4)nc(C)c2cc1F. The minimum absolute atomic E-state index is 0.171. The van der Waals surface area contributed by atoms with Crippen LogP contribution in [0.1, 0.15) is 22.8 Å². The van der Waals surface area contributed by atoms with Crippen molar-refractivity contribution >= 4 is 23.1 Å². The number of rotatable bonds is 3. The van der Waals surface area contributed by atoms with Crippen molar-refractivity contribution in [2.45, 2.75) is 13.5 Å². The molecule has 138 valence electrons. The van der Waals surface area contributed by atoms with E-state index in [9.17, 15) is 4.39 Å². The van der Waals surface area contributed by atoms with Crippen LogP contribution in [-0.4, -0.2) is 26.6 Å². The lowest BCUT2D eigenvalue weighted by Gasteiger charge is -2.06. The molecule has 1 aliphatic rings. The summed E-state index contributed by atoms with van der Waals surface area (Å²) in [6.07, 6.45) is 5.75. The monoisotopic (exact) mass is 372 g/mol. The van der Waals surface area contributed by atoms with Crippen LogP contribution >= 0.6 is 0 Å². The summed E-state index contributed by atoms with van der Waals surface area (Å²) in [4.78, 5) is 13.7. The van der Waals surface area contributed by atoms with Crippen molar-refractivity contribution < 1.29 is 9.13 Å². The van der Waals surface area contributed by atoms with Gasteiger partial charge in [-0.25, -0.2) is 19.3 Å². The maximum atomic E-state index is 13.9. The van der Waals surface area contributed by atoms with Crippen molar-refractivity contribution in [2.24, 2.45) is 0 Å². The molecule has 6 heteroatoms. The first-order valence-electron chi connectivity index (χ1n) is 8.98. The summed E-state index contributed by atoms with van der Waals surface area (Å²) in [5.74, 6) is 1.28. The number of hydrogen-bond acceptors (Lipinski definition) is 4. The molecule has 2 aromatic heterocycles. The molecule has 0 amide bonds. The van der Waals surface area contributed by atoms with Crippen LogP contribution in [0.3, 0.4) is 0 Å². The van der Waals surface area contributed by atoms with Gasteiger partial charge in [-0.1, -0.05) is 24.3 Å². The van der Waals surface area contributed by atoms with Crippen LogP contribution in [0.5, 0.6) is 5.75 Å². The Hall–Kier alpha value is -3.54. The first-order valence-corrected chi connectivity index (χ1v) is 8.98. The summed E-state index contributed by atoms with van der Waals surface area (Å²) in [5, 5.41) is 0.674. The van der Waals surface area contributed by atoms with Gasteiger partial charge in [0, 0.05) is 35.5 Å². The summed E-state index contributed by atoms with van der Waals surface area (Å²) in [5.41, 5.74) is 4.67. The average Bonchev–Trinajstić information content (AvgIpc) is 3.24. The van der Waals surface area contributed by atoms with Crippen LogP contribution in [0, 0.1) is 12.7 Å². The molecular formula is C22H17FN4O. The third-order valence-electron chi connectivity index (χ3n) is 4.97. The predicted molar refractivity (Wildman–Crippen MR) is 106 cm³/mol. The highest BCUT2D eigenvalue weighted by Crippen LogP contribution is 2.31. The molecule has 0 N–H and O–H groups in total. The number of imidazole rings is 1. The summed E-state index contributed by atoms with van der Waals surface area (Å²) < 4.78 is 21.2. The zero-order chi connectivity index (χ0) is 19.3. The molecule has 0 fully saturated rings. The fourth-order valence-electron chi connectivity index (χ4n) is 3.61. The largest absolute Gasteiger partial charge is 0.494 e. The molecule has 0 aliphatic carbocycles. The van der Waals surface area contributed by atoms with E-state index in [1.54, 1.807) is 6.07 Å². The van der Waals surface area contributed by atoms with Gasteiger partial charge in [0.05, 0.1) is 18.3 Å². The molecule has 5 rings (SSSR count). The van der Waals surface area contributed by atoms with Crippen LogP contribution in [0.15, 0.2) is 42.6 Å². The Bertz CT molecular complexity index is 1260. The second-order valence-corrected chi connectivity index (χ2v) is 6.78. The first-order chi connectivity index (χ1) is 13.6. The Morgan fingerprint density at radius 2 is 1.96 bits per heavy atom. The van der Waals surface area contributed by atoms with Crippen LogP contribution in [-0.2, 0) is 6.54 Å². The van der Waals surface area contributed by atoms with E-state index in [1.807, 2.05) is 37.4 Å². The number of ether oxygens (including phenoxy) is 1. The predicted octanol–water partition coefficient (Wildman–Crippen LogP) is 4.48. The van der Waals surface area contributed by atoms with Gasteiger partial charge in [0.15, 0.2) is 17.4 Å². The van der Waals surface area contributed by atoms with E-state index in [1.165, 1.54) is 24.3 Å². The smallest absolute Gasteiger partial charge is 0.165 e. The quantitative estimate of drug-likeness (QED) is 0.468. The molecule has 2 aromatic carbocycles. The number of aryl methyl sites for hydroxylation is 1. The molecule has 0 spiro atoms. The summed E-state index contributed by atoms with van der Waals surface area (Å²) >= 11 is 0. The number of fused-ring (bicyclic) bond motifs is 4. The molecule has 4 aromatic rings. The number of benzene rings is 2. The van der Waals surface area contributed by atoms with E-state index in [2.05, 4.69) is 26.7 Å². The van der Waals surface area contributed by atoms with Crippen LogP contribution < -0.4 is 4.74 Å². The second-order valence-electron chi connectivity index (χ2n) is 6.78. The van der Waals surface area contributed by atoms with Crippen molar-refractivity contribution in [3.05, 3.63) is 71.2 Å². The van der Waals surface area contributed by atoms with E-state index >= 15 is 0 Å². The van der Waals surface area contributed by atoms with Crippen molar-refractivity contribution in [1.82, 2.24) is 19.5 Å². The number of halogens is 1. The average molecular weight is 372 g/mol. The van der Waals surface area contributed by atoms with E-state index < -0.39 is 5.82 Å². The normalized spacial score (nSPS) is 12.5. The summed E-state index contributed by atoms with van der Waals surface area (Å²) in [6, 6.07) is 11.3. The van der Waals surface area contributed by atoms with Crippen LogP contribution in [0.4, 0.5) is 4.39 Å². The Morgan fingerprint density at radius 1 is 1.11 bits per heavy atom. The van der Waals surface area contributed by atoms with Crippen LogP contribution in [0.2, 0.25) is 0 Å². The minimum atomic E-state index is -0.419. The molecule has 1 aliphatic heterocycles. The Morgan fingerprint density at radius 3 is 2.82 bits per heavy atom. The van der Waals surface area contributed by atoms with Gasteiger partial charge in [-0.05, 0) is 30.7 Å². The molecule has 5 nitrogen and oxygen atoms in total. The third-order valence-corrected chi connectivity index (χ3v) is 4.97. The van der Waals surface area contributed by atoms with Gasteiger partial charge in [-0.2, -0.15) is 0 Å². The van der Waals surface area contributed by atoms with E-state index in [4.69, 9.17) is 9.72 Å². The van der Waals surface area contributed by atoms with Gasteiger partial charge in [0.25, 0.3) is 0 Å². The molecule has 0 saturated carbocycles. The standard InChI is InChI=1S/C22H17FN4O/c1-13-17-9-18(23)20(28-2)10-19(17)26-21(24-13)8-7-15-12-27-11-14-5-3-4-6-16(14)22(27)25-15/h3-10,12H,11H2,1-2H3. The molecule has 0 unspecified atom stereocenters. The third kappa shape index (κ3) is 2.65. The fraction of sp³-hybridized carbons (Fsp3) is 0.136. The van der Waals surface area contributed by atoms with Crippen molar-refractivity contribution in [1.29, 1.82) is 0 Å². The number of nitrogens with zero attached hydrogens (tertiary/aromatic N) is 4. The van der Waals surface area contributed by atoms with Crippen molar-refractivity contribution in [2.75, 3.05) is 7.11 Å². The first kappa shape index (κ1) is 16.6. The van der Waals surface area contributed by atoms with Gasteiger partial charge >= 0.3 is 0 Å². The summed E-state index contributed by atoms with van der Waals surface area (Å²) in [7, 11) is 1.44.